The monoisotopic (exact) mass is 200 g/mol. The first-order valence-electron chi connectivity index (χ1n) is 3.81. The molecule has 14 heavy (non-hydrogen) atoms. The van der Waals surface area contributed by atoms with Crippen molar-refractivity contribution in [2.45, 2.75) is 6.42 Å². The van der Waals surface area contributed by atoms with Crippen molar-refractivity contribution in [2.75, 3.05) is 7.11 Å². The van der Waals surface area contributed by atoms with Gasteiger partial charge in [0, 0.05) is 11.6 Å². The summed E-state index contributed by atoms with van der Waals surface area (Å²) in [5, 5.41) is 17.7. The van der Waals surface area contributed by atoms with E-state index in [0.29, 0.717) is 0 Å². The molecule has 0 saturated heterocycles. The Bertz CT molecular complexity index is 362. The number of phenols is 1. The molecule has 0 saturated carbocycles. The van der Waals surface area contributed by atoms with Crippen LogP contribution >= 0.6 is 0 Å². The van der Waals surface area contributed by atoms with Crippen molar-refractivity contribution in [3.8, 4) is 11.5 Å². The molecule has 0 radical (unpaired) electrons. The molecule has 0 atom stereocenters. The van der Waals surface area contributed by atoms with Crippen molar-refractivity contribution >= 4 is 5.97 Å². The summed E-state index contributed by atoms with van der Waals surface area (Å²) in [6, 6.07) is 2.00. The lowest BCUT2D eigenvalue weighted by molar-refractivity contribution is -0.136. The number of aromatic hydroxyl groups is 1. The maximum absolute atomic E-state index is 13.1. The number of carboxylic acids is 1. The number of halogens is 1. The summed E-state index contributed by atoms with van der Waals surface area (Å²) in [4.78, 5) is 10.3. The van der Waals surface area contributed by atoms with Gasteiger partial charge in [0.1, 0.15) is 5.75 Å². The Morgan fingerprint density at radius 3 is 2.71 bits per heavy atom. The second-order valence-corrected chi connectivity index (χ2v) is 2.69. The van der Waals surface area contributed by atoms with Gasteiger partial charge in [0.2, 0.25) is 0 Å². The van der Waals surface area contributed by atoms with Crippen LogP contribution in [0.2, 0.25) is 0 Å². The van der Waals surface area contributed by atoms with Crippen LogP contribution in [0.1, 0.15) is 5.56 Å². The van der Waals surface area contributed by atoms with Gasteiger partial charge in [-0.25, -0.2) is 4.39 Å². The molecule has 1 aromatic rings. The minimum absolute atomic E-state index is 0.0239. The fourth-order valence-electron chi connectivity index (χ4n) is 1.04. The van der Waals surface area contributed by atoms with Gasteiger partial charge in [0.05, 0.1) is 13.5 Å². The maximum atomic E-state index is 13.1. The number of benzene rings is 1. The van der Waals surface area contributed by atoms with Crippen LogP contribution in [0, 0.1) is 5.82 Å². The number of hydrogen-bond acceptors (Lipinski definition) is 3. The van der Waals surface area contributed by atoms with Crippen LogP contribution in [0.5, 0.6) is 11.5 Å². The third-order valence-corrected chi connectivity index (χ3v) is 1.69. The molecule has 76 valence electrons. The molecule has 1 rings (SSSR count). The van der Waals surface area contributed by atoms with Crippen LogP contribution in [0.4, 0.5) is 4.39 Å². The van der Waals surface area contributed by atoms with Gasteiger partial charge in [0.15, 0.2) is 11.6 Å². The van der Waals surface area contributed by atoms with Gasteiger partial charge >= 0.3 is 5.97 Å². The van der Waals surface area contributed by atoms with Gasteiger partial charge in [-0.05, 0) is 6.07 Å². The molecular weight excluding hydrogens is 191 g/mol. The Kier molecular flexibility index (Phi) is 2.91. The number of methoxy groups -OCH3 is 1. The smallest absolute Gasteiger partial charge is 0.307 e. The lowest BCUT2D eigenvalue weighted by atomic mass is 10.1. The van der Waals surface area contributed by atoms with Crippen molar-refractivity contribution < 1.29 is 24.1 Å². The molecule has 0 amide bonds. The zero-order valence-corrected chi connectivity index (χ0v) is 7.45. The Labute approximate surface area is 79.6 Å². The largest absolute Gasteiger partial charge is 0.508 e. The maximum Gasteiger partial charge on any atom is 0.307 e. The van der Waals surface area contributed by atoms with Crippen molar-refractivity contribution in [3.05, 3.63) is 23.5 Å². The number of ether oxygens (including phenoxy) is 1. The molecule has 1 aromatic carbocycles. The van der Waals surface area contributed by atoms with Crippen molar-refractivity contribution in [3.63, 3.8) is 0 Å². The summed E-state index contributed by atoms with van der Waals surface area (Å²) in [6.45, 7) is 0. The van der Waals surface area contributed by atoms with Crippen molar-refractivity contribution in [1.29, 1.82) is 0 Å². The van der Waals surface area contributed by atoms with Gasteiger partial charge in [-0.2, -0.15) is 0 Å². The van der Waals surface area contributed by atoms with Gasteiger partial charge < -0.3 is 14.9 Å². The average molecular weight is 200 g/mol. The first-order valence-corrected chi connectivity index (χ1v) is 3.81. The van der Waals surface area contributed by atoms with Crippen LogP contribution in [-0.2, 0) is 11.2 Å². The van der Waals surface area contributed by atoms with E-state index in [9.17, 15) is 14.3 Å². The number of carboxylic acid groups (broad SMARTS) is 1. The number of phenolic OH excluding ortho intramolecular Hbond substituents is 1. The summed E-state index contributed by atoms with van der Waals surface area (Å²) in [5.74, 6) is -2.23. The van der Waals surface area contributed by atoms with Crippen LogP contribution in [0.3, 0.4) is 0 Å². The molecule has 0 heterocycles. The zero-order valence-electron chi connectivity index (χ0n) is 7.45. The van der Waals surface area contributed by atoms with Crippen LogP contribution in [-0.4, -0.2) is 23.3 Å². The highest BCUT2D eigenvalue weighted by atomic mass is 19.1. The minimum Gasteiger partial charge on any atom is -0.508 e. The SMILES string of the molecule is COc1cc(O)c(CC(=O)O)cc1F. The number of rotatable bonds is 3. The number of aliphatic carboxylic acids is 1. The number of carbonyl (C=O) groups is 1. The van der Waals surface area contributed by atoms with Crippen molar-refractivity contribution in [1.82, 2.24) is 0 Å². The lowest BCUT2D eigenvalue weighted by Crippen LogP contribution is -2.01. The second kappa shape index (κ2) is 3.95. The fraction of sp³-hybridized carbons (Fsp3) is 0.222. The van der Waals surface area contributed by atoms with E-state index in [1.807, 2.05) is 0 Å². The molecular formula is C9H9FO4. The molecule has 4 nitrogen and oxygen atoms in total. The summed E-state index contributed by atoms with van der Waals surface area (Å²) in [5.41, 5.74) is 0.0239. The lowest BCUT2D eigenvalue weighted by Gasteiger charge is -2.06. The van der Waals surface area contributed by atoms with Gasteiger partial charge in [0.25, 0.3) is 0 Å². The number of hydrogen-bond donors (Lipinski definition) is 2. The van der Waals surface area contributed by atoms with E-state index in [1.54, 1.807) is 0 Å². The summed E-state index contributed by atoms with van der Waals surface area (Å²) >= 11 is 0. The van der Waals surface area contributed by atoms with Crippen LogP contribution < -0.4 is 4.74 Å². The summed E-state index contributed by atoms with van der Waals surface area (Å²) < 4.78 is 17.7. The Morgan fingerprint density at radius 2 is 2.21 bits per heavy atom. The second-order valence-electron chi connectivity index (χ2n) is 2.69. The molecule has 0 aliphatic rings. The first kappa shape index (κ1) is 10.3. The molecule has 0 fully saturated rings. The van der Waals surface area contributed by atoms with Gasteiger partial charge in [-0.1, -0.05) is 0 Å². The minimum atomic E-state index is -1.13. The summed E-state index contributed by atoms with van der Waals surface area (Å²) in [7, 11) is 1.26. The van der Waals surface area contributed by atoms with E-state index in [-0.39, 0.29) is 17.1 Å². The van der Waals surface area contributed by atoms with E-state index in [1.165, 1.54) is 7.11 Å². The molecule has 0 aromatic heterocycles. The predicted octanol–water partition coefficient (Wildman–Crippen LogP) is 1.17. The van der Waals surface area contributed by atoms with Crippen molar-refractivity contribution in [2.24, 2.45) is 0 Å². The van der Waals surface area contributed by atoms with E-state index < -0.39 is 18.2 Å². The Hall–Kier alpha value is -1.78. The predicted molar refractivity (Wildman–Crippen MR) is 46.0 cm³/mol. The van der Waals surface area contributed by atoms with E-state index >= 15 is 0 Å². The molecule has 5 heteroatoms. The summed E-state index contributed by atoms with van der Waals surface area (Å²) in [6.07, 6.45) is -0.424. The molecule has 0 aliphatic carbocycles. The molecule has 0 spiro atoms. The zero-order chi connectivity index (χ0) is 10.7. The molecule has 0 aliphatic heterocycles. The first-order chi connectivity index (χ1) is 6.54. The molecule has 0 unspecified atom stereocenters. The quantitative estimate of drug-likeness (QED) is 0.768. The molecule has 2 N–H and O–H groups in total. The standard InChI is InChI=1S/C9H9FO4/c1-14-8-4-7(11)5(2-6(8)10)3-9(12)13/h2,4,11H,3H2,1H3,(H,12,13). The average Bonchev–Trinajstić information content (AvgIpc) is 2.10. The van der Waals surface area contributed by atoms with E-state index in [4.69, 9.17) is 5.11 Å². The topological polar surface area (TPSA) is 66.8 Å². The highest BCUT2D eigenvalue weighted by Gasteiger charge is 2.11. The van der Waals surface area contributed by atoms with E-state index in [2.05, 4.69) is 4.74 Å². The fourth-order valence-corrected chi connectivity index (χ4v) is 1.04. The van der Waals surface area contributed by atoms with Gasteiger partial charge in [-0.3, -0.25) is 4.79 Å². The third kappa shape index (κ3) is 2.12. The van der Waals surface area contributed by atoms with Gasteiger partial charge in [-0.15, -0.1) is 0 Å². The normalized spacial score (nSPS) is 9.86. The van der Waals surface area contributed by atoms with Crippen LogP contribution in [0.25, 0.3) is 0 Å². The highest BCUT2D eigenvalue weighted by Crippen LogP contribution is 2.27. The Morgan fingerprint density at radius 1 is 1.57 bits per heavy atom. The Balaban J connectivity index is 3.08. The third-order valence-electron chi connectivity index (χ3n) is 1.69. The molecule has 0 bridgehead atoms. The van der Waals surface area contributed by atoms with Crippen LogP contribution in [0.15, 0.2) is 12.1 Å². The highest BCUT2D eigenvalue weighted by molar-refractivity contribution is 5.71. The van der Waals surface area contributed by atoms with E-state index in [0.717, 1.165) is 12.1 Å².